The Kier molecular flexibility index (Phi) is 7.69. The highest BCUT2D eigenvalue weighted by atomic mass is 35.5. The normalized spacial score (nSPS) is 12.1. The van der Waals surface area contributed by atoms with E-state index in [2.05, 4.69) is 79.7 Å². The molecule has 0 unspecified atom stereocenters. The van der Waals surface area contributed by atoms with E-state index < -0.39 is 0 Å². The molecule has 0 fully saturated rings. The second-order valence-electron chi connectivity index (χ2n) is 8.87. The third-order valence-electron chi connectivity index (χ3n) is 6.15. The second-order valence-corrected chi connectivity index (χ2v) is 9.31. The molecule has 5 rings (SSSR count). The number of aryl methyl sites for hydroxylation is 1. The molecule has 180 valence electrons. The number of hydrogen-bond acceptors (Lipinski definition) is 2. The summed E-state index contributed by atoms with van der Waals surface area (Å²) in [5.41, 5.74) is 7.87. The van der Waals surface area contributed by atoms with Gasteiger partial charge in [0, 0.05) is 16.1 Å². The van der Waals surface area contributed by atoms with Crippen molar-refractivity contribution in [3.05, 3.63) is 172 Å². The molecular weight excluding hydrogens is 472 g/mol. The lowest BCUT2D eigenvalue weighted by molar-refractivity contribution is 0.875. The molecule has 37 heavy (non-hydrogen) atoms. The first-order chi connectivity index (χ1) is 18.2. The second kappa shape index (κ2) is 11.6. The smallest absolute Gasteiger partial charge is 0.101 e. The summed E-state index contributed by atoms with van der Waals surface area (Å²) in [6, 6.07) is 46.9. The molecule has 0 N–H and O–H groups in total. The lowest BCUT2D eigenvalue weighted by Gasteiger charge is -2.18. The molecule has 0 radical (unpaired) electrons. The van der Waals surface area contributed by atoms with Crippen molar-refractivity contribution in [2.24, 2.45) is 9.98 Å². The lowest BCUT2D eigenvalue weighted by Crippen LogP contribution is -2.19. The summed E-state index contributed by atoms with van der Waals surface area (Å²) in [5, 5.41) is 0.683. The van der Waals surface area contributed by atoms with E-state index in [1.807, 2.05) is 66.7 Å². The number of aliphatic imine (C=N–C) groups is 2. The molecule has 0 aliphatic carbocycles. The average Bonchev–Trinajstić information content (AvgIpc) is 2.96. The first-order valence-corrected chi connectivity index (χ1v) is 12.7. The van der Waals surface area contributed by atoms with E-state index in [1.165, 1.54) is 5.56 Å². The Morgan fingerprint density at radius 2 is 1.03 bits per heavy atom. The van der Waals surface area contributed by atoms with Gasteiger partial charge in [-0.25, -0.2) is 4.99 Å². The molecule has 0 saturated heterocycles. The Bertz CT molecular complexity index is 1450. The first-order valence-electron chi connectivity index (χ1n) is 12.3. The van der Waals surface area contributed by atoms with Crippen LogP contribution in [0.4, 0.5) is 5.69 Å². The van der Waals surface area contributed by atoms with Crippen molar-refractivity contribution in [1.82, 2.24) is 0 Å². The maximum atomic E-state index is 6.26. The van der Waals surface area contributed by atoms with Crippen LogP contribution < -0.4 is 0 Å². The Morgan fingerprint density at radius 1 is 0.541 bits per heavy atom. The molecule has 0 bridgehead atoms. The van der Waals surface area contributed by atoms with Gasteiger partial charge >= 0.3 is 0 Å². The van der Waals surface area contributed by atoms with Gasteiger partial charge in [-0.2, -0.15) is 0 Å². The van der Waals surface area contributed by atoms with E-state index in [0.717, 1.165) is 39.4 Å². The van der Waals surface area contributed by atoms with Crippen molar-refractivity contribution >= 4 is 28.7 Å². The highest BCUT2D eigenvalue weighted by molar-refractivity contribution is 6.54. The third-order valence-corrected chi connectivity index (χ3v) is 6.40. The van der Waals surface area contributed by atoms with E-state index in [4.69, 9.17) is 21.6 Å². The van der Waals surface area contributed by atoms with Gasteiger partial charge in [-0.1, -0.05) is 132 Å². The predicted octanol–water partition coefficient (Wildman–Crippen LogP) is 9.05. The molecule has 3 heteroatoms. The monoisotopic (exact) mass is 498 g/mol. The zero-order chi connectivity index (χ0) is 25.5. The van der Waals surface area contributed by atoms with Crippen LogP contribution in [0.25, 0.3) is 0 Å². The molecule has 0 saturated carbocycles. The molecule has 0 atom stereocenters. The summed E-state index contributed by atoms with van der Waals surface area (Å²) in [6.07, 6.45) is 0. The molecule has 0 amide bonds. The Hall–Kier alpha value is -4.27. The number of nitrogens with zero attached hydrogens (tertiary/aromatic N) is 2. The minimum absolute atomic E-state index is 0.201. The van der Waals surface area contributed by atoms with Crippen molar-refractivity contribution in [2.45, 2.75) is 13.0 Å². The van der Waals surface area contributed by atoms with Crippen molar-refractivity contribution in [3.8, 4) is 0 Å². The zero-order valence-electron chi connectivity index (χ0n) is 20.6. The van der Waals surface area contributed by atoms with Crippen LogP contribution in [-0.4, -0.2) is 11.4 Å². The highest BCUT2D eigenvalue weighted by Gasteiger charge is 2.20. The number of rotatable bonds is 7. The molecule has 2 nitrogen and oxygen atoms in total. The van der Waals surface area contributed by atoms with E-state index in [9.17, 15) is 0 Å². The molecule has 5 aromatic rings. The fourth-order valence-corrected chi connectivity index (χ4v) is 4.35. The van der Waals surface area contributed by atoms with Crippen LogP contribution in [0.1, 0.15) is 33.9 Å². The van der Waals surface area contributed by atoms with Gasteiger partial charge < -0.3 is 0 Å². The SMILES string of the molecule is Cc1ccc(N=C(C(=NC(c2ccccc2)c2ccccc2)c2ccccc2)c2ccc(Cl)cc2)cc1. The fraction of sp³-hybridized carbons (Fsp3) is 0.0588. The average molecular weight is 499 g/mol. The minimum atomic E-state index is -0.201. The number of benzene rings is 5. The quantitative estimate of drug-likeness (QED) is 0.200. The molecule has 0 aliphatic rings. The van der Waals surface area contributed by atoms with Gasteiger partial charge in [0.05, 0.1) is 17.1 Å². The van der Waals surface area contributed by atoms with Gasteiger partial charge in [0.25, 0.3) is 0 Å². The van der Waals surface area contributed by atoms with Crippen molar-refractivity contribution in [1.29, 1.82) is 0 Å². The maximum Gasteiger partial charge on any atom is 0.101 e. The van der Waals surface area contributed by atoms with E-state index in [-0.39, 0.29) is 6.04 Å². The predicted molar refractivity (Wildman–Crippen MR) is 157 cm³/mol. The molecule has 5 aromatic carbocycles. The molecule has 0 aliphatic heterocycles. The van der Waals surface area contributed by atoms with Gasteiger partial charge in [-0.15, -0.1) is 0 Å². The summed E-state index contributed by atoms with van der Waals surface area (Å²) in [7, 11) is 0. The Balaban J connectivity index is 1.77. The zero-order valence-corrected chi connectivity index (χ0v) is 21.4. The summed E-state index contributed by atoms with van der Waals surface area (Å²) in [4.78, 5) is 10.6. The van der Waals surface area contributed by atoms with Crippen molar-refractivity contribution in [2.75, 3.05) is 0 Å². The number of halogens is 1. The van der Waals surface area contributed by atoms with Gasteiger partial charge in [-0.3, -0.25) is 4.99 Å². The molecular formula is C34H27ClN2. The summed E-state index contributed by atoms with van der Waals surface area (Å²) >= 11 is 6.26. The van der Waals surface area contributed by atoms with E-state index in [1.54, 1.807) is 0 Å². The molecule has 0 heterocycles. The Morgan fingerprint density at radius 3 is 1.57 bits per heavy atom. The standard InChI is InChI=1S/C34H27ClN2/c1-25-17-23-31(24-18-25)36-33(29-19-21-30(35)22-20-29)34(28-15-9-4-10-16-28)37-32(26-11-5-2-6-12-26)27-13-7-3-8-14-27/h2-24,32H,1H3. The summed E-state index contributed by atoms with van der Waals surface area (Å²) in [5.74, 6) is 0. The van der Waals surface area contributed by atoms with Crippen LogP contribution in [0.5, 0.6) is 0 Å². The van der Waals surface area contributed by atoms with Crippen LogP contribution in [0.2, 0.25) is 5.02 Å². The number of hydrogen-bond donors (Lipinski definition) is 0. The van der Waals surface area contributed by atoms with Crippen LogP contribution in [0, 0.1) is 6.92 Å². The third kappa shape index (κ3) is 6.11. The largest absolute Gasteiger partial charge is 0.270 e. The fourth-order valence-electron chi connectivity index (χ4n) is 4.22. The lowest BCUT2D eigenvalue weighted by atomic mass is 9.95. The van der Waals surface area contributed by atoms with Gasteiger partial charge in [0.15, 0.2) is 0 Å². The van der Waals surface area contributed by atoms with Crippen molar-refractivity contribution in [3.63, 3.8) is 0 Å². The van der Waals surface area contributed by atoms with Crippen LogP contribution in [0.3, 0.4) is 0 Å². The highest BCUT2D eigenvalue weighted by Crippen LogP contribution is 2.28. The molecule has 0 aromatic heterocycles. The van der Waals surface area contributed by atoms with E-state index in [0.29, 0.717) is 5.02 Å². The minimum Gasteiger partial charge on any atom is -0.270 e. The molecule has 0 spiro atoms. The summed E-state index contributed by atoms with van der Waals surface area (Å²) < 4.78 is 0. The van der Waals surface area contributed by atoms with Crippen LogP contribution >= 0.6 is 11.6 Å². The van der Waals surface area contributed by atoms with Gasteiger partial charge in [0.2, 0.25) is 0 Å². The maximum absolute atomic E-state index is 6.26. The van der Waals surface area contributed by atoms with Crippen LogP contribution in [0.15, 0.2) is 150 Å². The first kappa shape index (κ1) is 24.4. The topological polar surface area (TPSA) is 24.7 Å². The Labute approximate surface area is 223 Å². The summed E-state index contributed by atoms with van der Waals surface area (Å²) in [6.45, 7) is 2.08. The van der Waals surface area contributed by atoms with E-state index >= 15 is 0 Å². The van der Waals surface area contributed by atoms with Crippen LogP contribution in [-0.2, 0) is 0 Å². The van der Waals surface area contributed by atoms with Crippen molar-refractivity contribution < 1.29 is 0 Å². The van der Waals surface area contributed by atoms with Gasteiger partial charge in [-0.05, 0) is 42.3 Å². The van der Waals surface area contributed by atoms with Gasteiger partial charge in [0.1, 0.15) is 6.04 Å².